The van der Waals surface area contributed by atoms with Crippen LogP contribution in [-0.4, -0.2) is 15.7 Å². The molecule has 0 aliphatic rings. The van der Waals surface area contributed by atoms with Crippen LogP contribution in [0.15, 0.2) is 6.20 Å². The first-order valence-electron chi connectivity index (χ1n) is 4.12. The number of nitrogens with zero attached hydrogens (tertiary/aromatic N) is 2. The lowest BCUT2D eigenvalue weighted by Gasteiger charge is -2.12. The van der Waals surface area contributed by atoms with E-state index in [0.29, 0.717) is 0 Å². The largest absolute Gasteiger partial charge is 0.435 e. The molecule has 0 saturated heterocycles. The monoisotopic (exact) mass is 220 g/mol. The zero-order chi connectivity index (χ0) is 11.6. The highest BCUT2D eigenvalue weighted by Gasteiger charge is 2.34. The van der Waals surface area contributed by atoms with Crippen LogP contribution in [0.1, 0.15) is 25.7 Å². The van der Waals surface area contributed by atoms with Crippen LogP contribution in [-0.2, 0) is 11.0 Å². The van der Waals surface area contributed by atoms with Crippen LogP contribution in [0.5, 0.6) is 0 Å². The van der Waals surface area contributed by atoms with Crippen LogP contribution in [0.25, 0.3) is 0 Å². The highest BCUT2D eigenvalue weighted by molar-refractivity contribution is 5.72. The van der Waals surface area contributed by atoms with Crippen LogP contribution >= 0.6 is 0 Å². The summed E-state index contributed by atoms with van der Waals surface area (Å²) < 4.78 is 37.4. The van der Waals surface area contributed by atoms with Crippen molar-refractivity contribution in [3.05, 3.63) is 18.0 Å². The average molecular weight is 220 g/mol. The Morgan fingerprint density at radius 2 is 2.27 bits per heavy atom. The van der Waals surface area contributed by atoms with Crippen LogP contribution in [0.3, 0.4) is 0 Å². The summed E-state index contributed by atoms with van der Waals surface area (Å²) in [6.45, 7) is 2.79. The van der Waals surface area contributed by atoms with Crippen molar-refractivity contribution in [1.29, 1.82) is 0 Å². The normalized spacial score (nSPS) is 13.7. The van der Waals surface area contributed by atoms with Gasteiger partial charge in [-0.3, -0.25) is 4.79 Å². The number of aromatic nitrogens is 2. The zero-order valence-electron chi connectivity index (χ0n) is 8.09. The molecule has 83 valence electrons. The fourth-order valence-corrected chi connectivity index (χ4v) is 0.998. The lowest BCUT2D eigenvalue weighted by Crippen LogP contribution is -2.28. The predicted octanol–water partition coefficient (Wildman–Crippen LogP) is 1.36. The molecular formula is C8H9F3N3O. The summed E-state index contributed by atoms with van der Waals surface area (Å²) in [6, 6.07) is 1.98. The minimum atomic E-state index is -4.51. The number of nitrogens with one attached hydrogen (secondary N) is 1. The van der Waals surface area contributed by atoms with Gasteiger partial charge >= 0.3 is 6.18 Å². The second-order valence-electron chi connectivity index (χ2n) is 2.98. The summed E-state index contributed by atoms with van der Waals surface area (Å²) in [7, 11) is 0. The van der Waals surface area contributed by atoms with E-state index in [1.807, 2.05) is 6.07 Å². The first-order chi connectivity index (χ1) is 6.80. The van der Waals surface area contributed by atoms with Crippen molar-refractivity contribution in [3.63, 3.8) is 0 Å². The van der Waals surface area contributed by atoms with Crippen molar-refractivity contribution in [2.45, 2.75) is 26.2 Å². The second kappa shape index (κ2) is 3.92. The fraction of sp³-hybridized carbons (Fsp3) is 0.500. The van der Waals surface area contributed by atoms with E-state index < -0.39 is 18.0 Å². The van der Waals surface area contributed by atoms with Gasteiger partial charge in [-0.05, 0) is 6.92 Å². The van der Waals surface area contributed by atoms with Gasteiger partial charge in [-0.1, -0.05) is 0 Å². The number of halogens is 3. The molecule has 0 aromatic carbocycles. The minimum absolute atomic E-state index is 0.341. The van der Waals surface area contributed by atoms with Gasteiger partial charge < -0.3 is 5.32 Å². The molecule has 0 aliphatic heterocycles. The van der Waals surface area contributed by atoms with E-state index in [2.05, 4.69) is 10.4 Å². The number of hydrogen-bond acceptors (Lipinski definition) is 2. The Labute approximate surface area is 84.1 Å². The summed E-state index contributed by atoms with van der Waals surface area (Å²) in [6.07, 6.45) is -4.10. The fourth-order valence-electron chi connectivity index (χ4n) is 0.998. The molecule has 1 N–H and O–H groups in total. The van der Waals surface area contributed by atoms with Crippen molar-refractivity contribution in [3.8, 4) is 0 Å². The van der Waals surface area contributed by atoms with Crippen molar-refractivity contribution in [2.75, 3.05) is 0 Å². The van der Waals surface area contributed by atoms with E-state index in [4.69, 9.17) is 0 Å². The van der Waals surface area contributed by atoms with Gasteiger partial charge in [0.15, 0.2) is 5.69 Å². The number of rotatable bonds is 2. The smallest absolute Gasteiger partial charge is 0.335 e. The predicted molar refractivity (Wildman–Crippen MR) is 44.6 cm³/mol. The number of amides is 1. The SMILES string of the molecule is CC(=O)NC(C)n1c[c]c(C(F)(F)F)n1. The third kappa shape index (κ3) is 2.97. The number of carbonyl (C=O) groups is 1. The molecule has 1 aromatic heterocycles. The molecule has 1 heterocycles. The molecule has 0 spiro atoms. The minimum Gasteiger partial charge on any atom is -0.335 e. The molecule has 7 heteroatoms. The molecular weight excluding hydrogens is 211 g/mol. The average Bonchev–Trinajstić information content (AvgIpc) is 2.48. The van der Waals surface area contributed by atoms with Crippen molar-refractivity contribution in [2.24, 2.45) is 0 Å². The van der Waals surface area contributed by atoms with Gasteiger partial charge in [0.05, 0.1) is 0 Å². The summed E-state index contributed by atoms with van der Waals surface area (Å²) >= 11 is 0. The molecule has 1 radical (unpaired) electrons. The van der Waals surface area contributed by atoms with Gasteiger partial charge in [-0.2, -0.15) is 18.3 Å². The van der Waals surface area contributed by atoms with Gasteiger partial charge in [0, 0.05) is 19.2 Å². The molecule has 1 atom stereocenters. The van der Waals surface area contributed by atoms with Crippen LogP contribution in [0.4, 0.5) is 13.2 Å². The molecule has 0 bridgehead atoms. The maximum atomic E-state index is 12.1. The molecule has 0 saturated carbocycles. The third-order valence-corrected chi connectivity index (χ3v) is 1.63. The molecule has 0 aliphatic carbocycles. The van der Waals surface area contributed by atoms with Crippen LogP contribution < -0.4 is 5.32 Å². The van der Waals surface area contributed by atoms with Crippen LogP contribution in [0, 0.1) is 6.07 Å². The Bertz CT molecular complexity index is 358. The van der Waals surface area contributed by atoms with Gasteiger partial charge in [0.1, 0.15) is 6.17 Å². The second-order valence-corrected chi connectivity index (χ2v) is 2.98. The Balaban J connectivity index is 2.80. The maximum absolute atomic E-state index is 12.1. The summed E-state index contributed by atoms with van der Waals surface area (Å²) in [5.41, 5.74) is -1.10. The topological polar surface area (TPSA) is 46.9 Å². The Kier molecular flexibility index (Phi) is 3.01. The van der Waals surface area contributed by atoms with E-state index in [1.165, 1.54) is 13.8 Å². The first kappa shape index (κ1) is 11.5. The van der Waals surface area contributed by atoms with Gasteiger partial charge in [0.2, 0.25) is 5.91 Å². The number of hydrogen-bond donors (Lipinski definition) is 1. The number of carbonyl (C=O) groups excluding carboxylic acids is 1. The zero-order valence-corrected chi connectivity index (χ0v) is 8.09. The highest BCUT2D eigenvalue weighted by atomic mass is 19.4. The molecule has 4 nitrogen and oxygen atoms in total. The van der Waals surface area contributed by atoms with E-state index >= 15 is 0 Å². The molecule has 0 fully saturated rings. The Hall–Kier alpha value is -1.53. The summed E-state index contributed by atoms with van der Waals surface area (Å²) in [5, 5.41) is 5.65. The van der Waals surface area contributed by atoms with E-state index in [9.17, 15) is 18.0 Å². The van der Waals surface area contributed by atoms with E-state index in [1.54, 1.807) is 0 Å². The van der Waals surface area contributed by atoms with E-state index in [0.717, 1.165) is 10.9 Å². The summed E-state index contributed by atoms with van der Waals surface area (Å²) in [5.74, 6) is -0.341. The summed E-state index contributed by atoms with van der Waals surface area (Å²) in [4.78, 5) is 10.6. The van der Waals surface area contributed by atoms with Crippen molar-refractivity contribution >= 4 is 5.91 Å². The van der Waals surface area contributed by atoms with Gasteiger partial charge in [0.25, 0.3) is 0 Å². The molecule has 1 rings (SSSR count). The molecule has 1 aromatic rings. The van der Waals surface area contributed by atoms with E-state index in [-0.39, 0.29) is 5.91 Å². The number of alkyl halides is 3. The van der Waals surface area contributed by atoms with Crippen LogP contribution in [0.2, 0.25) is 0 Å². The Morgan fingerprint density at radius 1 is 1.67 bits per heavy atom. The maximum Gasteiger partial charge on any atom is 0.435 e. The first-order valence-corrected chi connectivity index (χ1v) is 4.12. The van der Waals surface area contributed by atoms with Gasteiger partial charge in [-0.25, -0.2) is 4.68 Å². The third-order valence-electron chi connectivity index (χ3n) is 1.63. The quantitative estimate of drug-likeness (QED) is 0.817. The lowest BCUT2D eigenvalue weighted by molar-refractivity contribution is -0.141. The van der Waals surface area contributed by atoms with Gasteiger partial charge in [-0.15, -0.1) is 0 Å². The lowest BCUT2D eigenvalue weighted by atomic mass is 10.4. The molecule has 1 amide bonds. The van der Waals surface area contributed by atoms with Crippen molar-refractivity contribution in [1.82, 2.24) is 15.1 Å². The molecule has 15 heavy (non-hydrogen) atoms. The molecule has 1 unspecified atom stereocenters. The standard InChI is InChI=1S/C8H9F3N3O/c1-5(12-6(2)15)14-4-3-7(13-14)8(9,10)11/h4-5H,1-2H3,(H,12,15). The Morgan fingerprint density at radius 3 is 2.67 bits per heavy atom. The van der Waals surface area contributed by atoms with Crippen molar-refractivity contribution < 1.29 is 18.0 Å². The highest BCUT2D eigenvalue weighted by Crippen LogP contribution is 2.27.